The third kappa shape index (κ3) is 6.74. The molecule has 8 heteroatoms. The Hall–Kier alpha value is -4.04. The number of alkyl halides is 3. The first-order valence-corrected chi connectivity index (χ1v) is 10.8. The van der Waals surface area contributed by atoms with Crippen molar-refractivity contribution in [2.75, 3.05) is 0 Å². The average molecular weight is 480 g/mol. The fourth-order valence-corrected chi connectivity index (χ4v) is 3.42. The molecule has 0 fully saturated rings. The van der Waals surface area contributed by atoms with Crippen molar-refractivity contribution in [3.63, 3.8) is 0 Å². The fraction of sp³-hybridized carbons (Fsp3) is 0.148. The van der Waals surface area contributed by atoms with E-state index < -0.39 is 6.36 Å². The summed E-state index contributed by atoms with van der Waals surface area (Å²) in [7, 11) is 0. The molecule has 0 aliphatic heterocycles. The minimum Gasteiger partial charge on any atom is -0.473 e. The Morgan fingerprint density at radius 2 is 1.37 bits per heavy atom. The molecule has 0 unspecified atom stereocenters. The van der Waals surface area contributed by atoms with Gasteiger partial charge in [0.05, 0.1) is 0 Å². The number of benzene rings is 3. The molecule has 35 heavy (non-hydrogen) atoms. The molecule has 0 bridgehead atoms. The lowest BCUT2D eigenvalue weighted by Gasteiger charge is -2.16. The summed E-state index contributed by atoms with van der Waals surface area (Å²) in [6.45, 7) is 0.444. The maximum atomic E-state index is 12.7. The van der Waals surface area contributed by atoms with Gasteiger partial charge in [-0.15, -0.1) is 13.2 Å². The predicted molar refractivity (Wildman–Crippen MR) is 126 cm³/mol. The molecule has 0 saturated carbocycles. The van der Waals surface area contributed by atoms with Gasteiger partial charge >= 0.3 is 6.36 Å². The summed E-state index contributed by atoms with van der Waals surface area (Å²) >= 11 is 0. The maximum Gasteiger partial charge on any atom is 0.573 e. The zero-order valence-electron chi connectivity index (χ0n) is 18.7. The van der Waals surface area contributed by atoms with Crippen LogP contribution in [0.15, 0.2) is 91.0 Å². The highest BCUT2D eigenvalue weighted by molar-refractivity contribution is 5.70. The fourth-order valence-electron chi connectivity index (χ4n) is 3.42. The molecule has 0 amide bonds. The highest BCUT2D eigenvalue weighted by Crippen LogP contribution is 2.35. The van der Waals surface area contributed by atoms with Crippen LogP contribution in [-0.4, -0.2) is 11.3 Å². The standard InChI is InChI=1S/C27H23F3N2O3/c28-27(29,30)35-24-13-11-21(15-22(24)16-31)23-12-14-25(33-17-19-7-3-1-4-8-19)32-26(23)34-18-20-9-5-2-6-10-20/h1-15H,16-18,31H2. The highest BCUT2D eigenvalue weighted by Gasteiger charge is 2.32. The summed E-state index contributed by atoms with van der Waals surface area (Å²) in [4.78, 5) is 4.53. The summed E-state index contributed by atoms with van der Waals surface area (Å²) in [6, 6.07) is 27.0. The summed E-state index contributed by atoms with van der Waals surface area (Å²) in [6.07, 6.45) is -4.81. The Labute approximate surface area is 200 Å². The third-order valence-corrected chi connectivity index (χ3v) is 5.10. The first-order chi connectivity index (χ1) is 16.9. The number of halogens is 3. The van der Waals surface area contributed by atoms with E-state index in [1.165, 1.54) is 18.2 Å². The molecule has 0 atom stereocenters. The monoisotopic (exact) mass is 480 g/mol. The Balaban J connectivity index is 1.64. The first-order valence-electron chi connectivity index (χ1n) is 10.8. The van der Waals surface area contributed by atoms with Crippen molar-refractivity contribution in [1.29, 1.82) is 0 Å². The number of hydrogen-bond donors (Lipinski definition) is 1. The van der Waals surface area contributed by atoms with E-state index in [2.05, 4.69) is 9.72 Å². The van der Waals surface area contributed by atoms with Gasteiger partial charge in [-0.3, -0.25) is 0 Å². The molecular formula is C27H23F3N2O3. The predicted octanol–water partition coefficient (Wildman–Crippen LogP) is 6.26. The largest absolute Gasteiger partial charge is 0.573 e. The van der Waals surface area contributed by atoms with Crippen molar-refractivity contribution in [3.05, 3.63) is 108 Å². The second-order valence-corrected chi connectivity index (χ2v) is 7.63. The van der Waals surface area contributed by atoms with Gasteiger partial charge in [0.25, 0.3) is 0 Å². The second kappa shape index (κ2) is 10.9. The lowest BCUT2D eigenvalue weighted by Crippen LogP contribution is -2.18. The molecule has 4 rings (SSSR count). The zero-order valence-corrected chi connectivity index (χ0v) is 18.7. The van der Waals surface area contributed by atoms with E-state index in [1.54, 1.807) is 12.1 Å². The Kier molecular flexibility index (Phi) is 7.52. The summed E-state index contributed by atoms with van der Waals surface area (Å²) in [5.41, 5.74) is 8.99. The minimum atomic E-state index is -4.81. The van der Waals surface area contributed by atoms with Gasteiger partial charge in [-0.2, -0.15) is 4.98 Å². The van der Waals surface area contributed by atoms with Gasteiger partial charge in [0.2, 0.25) is 11.8 Å². The van der Waals surface area contributed by atoms with Crippen molar-refractivity contribution >= 4 is 0 Å². The van der Waals surface area contributed by atoms with Crippen molar-refractivity contribution in [2.24, 2.45) is 5.73 Å². The Morgan fingerprint density at radius 3 is 1.97 bits per heavy atom. The van der Waals surface area contributed by atoms with Crippen LogP contribution in [0.25, 0.3) is 11.1 Å². The quantitative estimate of drug-likeness (QED) is 0.306. The maximum absolute atomic E-state index is 12.7. The molecule has 0 spiro atoms. The minimum absolute atomic E-state index is 0.134. The summed E-state index contributed by atoms with van der Waals surface area (Å²) in [5.74, 6) is 0.301. The van der Waals surface area contributed by atoms with Crippen LogP contribution in [0.5, 0.6) is 17.5 Å². The van der Waals surface area contributed by atoms with Crippen LogP contribution in [0.2, 0.25) is 0 Å². The van der Waals surface area contributed by atoms with E-state index >= 15 is 0 Å². The van der Waals surface area contributed by atoms with E-state index in [-0.39, 0.29) is 30.3 Å². The van der Waals surface area contributed by atoms with Crippen LogP contribution >= 0.6 is 0 Å². The van der Waals surface area contributed by atoms with Crippen LogP contribution in [0.1, 0.15) is 16.7 Å². The van der Waals surface area contributed by atoms with Crippen molar-refractivity contribution < 1.29 is 27.4 Å². The van der Waals surface area contributed by atoms with Gasteiger partial charge in [-0.25, -0.2) is 0 Å². The van der Waals surface area contributed by atoms with Gasteiger partial charge in [0.15, 0.2) is 0 Å². The van der Waals surface area contributed by atoms with Crippen LogP contribution in [-0.2, 0) is 19.8 Å². The van der Waals surface area contributed by atoms with E-state index in [9.17, 15) is 13.2 Å². The number of pyridine rings is 1. The molecule has 5 nitrogen and oxygen atoms in total. The Morgan fingerprint density at radius 1 is 0.743 bits per heavy atom. The molecule has 3 aromatic carbocycles. The molecule has 0 saturated heterocycles. The number of aromatic nitrogens is 1. The summed E-state index contributed by atoms with van der Waals surface area (Å²) < 4.78 is 54.2. The van der Waals surface area contributed by atoms with Crippen molar-refractivity contribution in [3.8, 4) is 28.6 Å². The highest BCUT2D eigenvalue weighted by atomic mass is 19.4. The lowest BCUT2D eigenvalue weighted by atomic mass is 10.0. The number of hydrogen-bond acceptors (Lipinski definition) is 5. The number of nitrogens with two attached hydrogens (primary N) is 1. The molecule has 4 aromatic rings. The van der Waals surface area contributed by atoms with Crippen molar-refractivity contribution in [2.45, 2.75) is 26.1 Å². The molecule has 180 valence electrons. The van der Waals surface area contributed by atoms with Crippen LogP contribution < -0.4 is 19.9 Å². The van der Waals surface area contributed by atoms with Gasteiger partial charge in [-0.1, -0.05) is 66.7 Å². The molecular weight excluding hydrogens is 457 g/mol. The molecule has 0 aliphatic carbocycles. The van der Waals surface area contributed by atoms with Gasteiger partial charge in [-0.05, 0) is 34.9 Å². The number of nitrogens with zero attached hydrogens (tertiary/aromatic N) is 1. The number of ether oxygens (including phenoxy) is 3. The van der Waals surface area contributed by atoms with Crippen molar-refractivity contribution in [1.82, 2.24) is 4.98 Å². The topological polar surface area (TPSA) is 66.6 Å². The summed E-state index contributed by atoms with van der Waals surface area (Å²) in [5, 5.41) is 0. The molecule has 0 aliphatic rings. The lowest BCUT2D eigenvalue weighted by molar-refractivity contribution is -0.274. The van der Waals surface area contributed by atoms with E-state index in [1.807, 2.05) is 60.7 Å². The molecule has 1 heterocycles. The first kappa shape index (κ1) is 24.1. The van der Waals surface area contributed by atoms with E-state index in [0.29, 0.717) is 23.6 Å². The normalized spacial score (nSPS) is 11.2. The third-order valence-electron chi connectivity index (χ3n) is 5.10. The zero-order chi connectivity index (χ0) is 24.7. The number of rotatable bonds is 9. The molecule has 1 aromatic heterocycles. The molecule has 2 N–H and O–H groups in total. The van der Waals surface area contributed by atoms with Crippen LogP contribution in [0.4, 0.5) is 13.2 Å². The smallest absolute Gasteiger partial charge is 0.473 e. The average Bonchev–Trinajstić information content (AvgIpc) is 2.87. The van der Waals surface area contributed by atoms with Crippen LogP contribution in [0.3, 0.4) is 0 Å². The van der Waals surface area contributed by atoms with Gasteiger partial charge < -0.3 is 19.9 Å². The van der Waals surface area contributed by atoms with Gasteiger partial charge in [0, 0.05) is 23.7 Å². The van der Waals surface area contributed by atoms with Gasteiger partial charge in [0.1, 0.15) is 19.0 Å². The van der Waals surface area contributed by atoms with E-state index in [0.717, 1.165) is 11.1 Å². The second-order valence-electron chi connectivity index (χ2n) is 7.63. The Bertz CT molecular complexity index is 1250. The molecule has 0 radical (unpaired) electrons. The van der Waals surface area contributed by atoms with E-state index in [4.69, 9.17) is 15.2 Å². The SMILES string of the molecule is NCc1cc(-c2ccc(OCc3ccccc3)nc2OCc2ccccc2)ccc1OC(F)(F)F. The van der Waals surface area contributed by atoms with Crippen LogP contribution in [0, 0.1) is 0 Å².